The van der Waals surface area contributed by atoms with Gasteiger partial charge in [-0.25, -0.2) is 17.6 Å². The molecule has 0 aliphatic carbocycles. The van der Waals surface area contributed by atoms with Gasteiger partial charge in [-0.15, -0.1) is 0 Å². The molecule has 0 heterocycles. The molecule has 1 atom stereocenters. The Morgan fingerprint density at radius 2 is 1.94 bits per heavy atom. The van der Waals surface area contributed by atoms with Crippen LogP contribution in [0, 0.1) is 0 Å². The second-order valence-electron chi connectivity index (χ2n) is 3.98. The predicted molar refractivity (Wildman–Crippen MR) is 67.9 cm³/mol. The molecular formula is C11H12BrFO4S. The van der Waals surface area contributed by atoms with Crippen LogP contribution in [-0.4, -0.2) is 24.7 Å². The number of alkyl halides is 1. The van der Waals surface area contributed by atoms with E-state index in [1.165, 1.54) is 32.0 Å². The largest absolute Gasteiger partial charge is 0.479 e. The van der Waals surface area contributed by atoms with Crippen molar-refractivity contribution in [1.29, 1.82) is 0 Å². The minimum atomic E-state index is -3.49. The van der Waals surface area contributed by atoms with Gasteiger partial charge in [-0.1, -0.05) is 6.07 Å². The number of sulfone groups is 1. The fourth-order valence-electron chi connectivity index (χ4n) is 1.30. The van der Waals surface area contributed by atoms with Crippen molar-refractivity contribution in [3.63, 3.8) is 0 Å². The maximum atomic E-state index is 13.3. The number of aliphatic carboxylic acids is 1. The monoisotopic (exact) mass is 338 g/mol. The Hall–Kier alpha value is -0.950. The Bertz CT molecular complexity index is 568. The lowest BCUT2D eigenvalue weighted by Gasteiger charge is -2.11. The van der Waals surface area contributed by atoms with E-state index in [2.05, 4.69) is 15.9 Å². The number of carboxylic acids is 1. The zero-order valence-electron chi connectivity index (χ0n) is 9.72. The van der Waals surface area contributed by atoms with Crippen LogP contribution in [0.15, 0.2) is 27.6 Å². The van der Waals surface area contributed by atoms with Crippen LogP contribution in [0.2, 0.25) is 0 Å². The van der Waals surface area contributed by atoms with Crippen molar-refractivity contribution < 1.29 is 22.7 Å². The van der Waals surface area contributed by atoms with Gasteiger partial charge in [0.15, 0.2) is 9.84 Å². The molecule has 4 nitrogen and oxygen atoms in total. The first-order valence-electron chi connectivity index (χ1n) is 5.08. The van der Waals surface area contributed by atoms with Crippen LogP contribution in [0.25, 0.3) is 0 Å². The summed E-state index contributed by atoms with van der Waals surface area (Å²) in [6, 6.07) is 3.55. The van der Waals surface area contributed by atoms with E-state index in [4.69, 9.17) is 5.11 Å². The van der Waals surface area contributed by atoms with E-state index in [1.807, 2.05) is 0 Å². The molecule has 18 heavy (non-hydrogen) atoms. The molecular weight excluding hydrogens is 327 g/mol. The first kappa shape index (κ1) is 15.1. The maximum Gasteiger partial charge on any atom is 0.343 e. The summed E-state index contributed by atoms with van der Waals surface area (Å²) in [5.74, 6) is -1.61. The fraction of sp³-hybridized carbons (Fsp3) is 0.364. The van der Waals surface area contributed by atoms with Crippen molar-refractivity contribution in [3.05, 3.63) is 28.2 Å². The second kappa shape index (κ2) is 5.36. The lowest BCUT2D eigenvalue weighted by molar-refractivity contribution is -0.143. The number of carbonyl (C=O) groups is 1. The van der Waals surface area contributed by atoms with E-state index in [9.17, 15) is 17.6 Å². The van der Waals surface area contributed by atoms with Gasteiger partial charge >= 0.3 is 5.97 Å². The van der Waals surface area contributed by atoms with Gasteiger partial charge in [0.2, 0.25) is 6.17 Å². The van der Waals surface area contributed by atoms with Crippen LogP contribution < -0.4 is 0 Å². The van der Waals surface area contributed by atoms with Crippen LogP contribution in [0.4, 0.5) is 4.39 Å². The van der Waals surface area contributed by atoms with E-state index in [-0.39, 0.29) is 14.9 Å². The smallest absolute Gasteiger partial charge is 0.343 e. The molecule has 1 aromatic carbocycles. The third-order valence-electron chi connectivity index (χ3n) is 2.39. The molecule has 0 saturated carbocycles. The molecule has 1 N–H and O–H groups in total. The minimum absolute atomic E-state index is 0.0267. The van der Waals surface area contributed by atoms with Crippen LogP contribution in [-0.2, 0) is 14.6 Å². The van der Waals surface area contributed by atoms with Gasteiger partial charge in [0.05, 0.1) is 10.1 Å². The third-order valence-corrected chi connectivity index (χ3v) is 5.52. The Morgan fingerprint density at radius 1 is 1.39 bits per heavy atom. The molecule has 1 rings (SSSR count). The number of benzene rings is 1. The summed E-state index contributed by atoms with van der Waals surface area (Å²) in [5, 5.41) is 7.92. The Morgan fingerprint density at radius 3 is 2.33 bits per heavy atom. The highest BCUT2D eigenvalue weighted by Crippen LogP contribution is 2.29. The topological polar surface area (TPSA) is 71.4 Å². The number of hydrogen-bond acceptors (Lipinski definition) is 3. The van der Waals surface area contributed by atoms with Gasteiger partial charge < -0.3 is 5.11 Å². The van der Waals surface area contributed by atoms with Crippen LogP contribution in [0.1, 0.15) is 25.6 Å². The van der Waals surface area contributed by atoms with Gasteiger partial charge in [0, 0.05) is 4.47 Å². The molecule has 0 amide bonds. The molecule has 1 unspecified atom stereocenters. The second-order valence-corrected chi connectivity index (χ2v) is 7.31. The van der Waals surface area contributed by atoms with Crippen molar-refractivity contribution in [2.75, 3.05) is 0 Å². The molecule has 1 aromatic rings. The van der Waals surface area contributed by atoms with Crippen molar-refractivity contribution in [1.82, 2.24) is 0 Å². The zero-order valence-corrected chi connectivity index (χ0v) is 12.1. The van der Waals surface area contributed by atoms with Crippen LogP contribution in [0.3, 0.4) is 0 Å². The van der Waals surface area contributed by atoms with Gasteiger partial charge in [-0.2, -0.15) is 0 Å². The van der Waals surface area contributed by atoms with Gasteiger partial charge in [-0.3, -0.25) is 0 Å². The number of carboxylic acid groups (broad SMARTS) is 1. The molecule has 0 radical (unpaired) electrons. The standard InChI is InChI=1S/C11H12BrFO4S/c1-6(2)18(16,17)9-4-3-7(5-8(9)12)10(13)11(14)15/h3-6,10H,1-2H3,(H,14,15). The highest BCUT2D eigenvalue weighted by Gasteiger charge is 2.24. The molecule has 7 heteroatoms. The fourth-order valence-corrected chi connectivity index (χ4v) is 3.47. The Balaban J connectivity index is 3.28. The first-order valence-corrected chi connectivity index (χ1v) is 7.42. The summed E-state index contributed by atoms with van der Waals surface area (Å²) in [5.41, 5.74) is -0.0999. The molecule has 0 saturated heterocycles. The van der Waals surface area contributed by atoms with Gasteiger partial charge in [0.25, 0.3) is 0 Å². The Kier molecular flexibility index (Phi) is 4.50. The highest BCUT2D eigenvalue weighted by molar-refractivity contribution is 9.10. The van der Waals surface area contributed by atoms with E-state index in [0.29, 0.717) is 0 Å². The zero-order chi connectivity index (χ0) is 14.1. The van der Waals surface area contributed by atoms with Crippen molar-refractivity contribution >= 4 is 31.7 Å². The molecule has 0 aromatic heterocycles. The normalized spacial score (nSPS) is 13.6. The number of halogens is 2. The molecule has 0 bridgehead atoms. The number of hydrogen-bond donors (Lipinski definition) is 1. The van der Waals surface area contributed by atoms with E-state index < -0.39 is 27.2 Å². The predicted octanol–water partition coefficient (Wildman–Crippen LogP) is 2.73. The molecule has 0 aliphatic rings. The summed E-state index contributed by atoms with van der Waals surface area (Å²) in [7, 11) is -3.49. The van der Waals surface area contributed by atoms with Crippen LogP contribution >= 0.6 is 15.9 Å². The highest BCUT2D eigenvalue weighted by atomic mass is 79.9. The SMILES string of the molecule is CC(C)S(=O)(=O)c1ccc(C(F)C(=O)O)cc1Br. The lowest BCUT2D eigenvalue weighted by Crippen LogP contribution is -2.15. The molecule has 0 spiro atoms. The third kappa shape index (κ3) is 2.89. The molecule has 0 aliphatic heterocycles. The van der Waals surface area contributed by atoms with E-state index >= 15 is 0 Å². The van der Waals surface area contributed by atoms with Crippen LogP contribution in [0.5, 0.6) is 0 Å². The average molecular weight is 339 g/mol. The lowest BCUT2D eigenvalue weighted by atomic mass is 10.1. The van der Waals surface area contributed by atoms with Crippen molar-refractivity contribution in [3.8, 4) is 0 Å². The summed E-state index contributed by atoms with van der Waals surface area (Å²) in [6.45, 7) is 3.07. The Labute approximate surface area is 113 Å². The number of rotatable bonds is 4. The van der Waals surface area contributed by atoms with Gasteiger partial charge in [0.1, 0.15) is 0 Å². The maximum absolute atomic E-state index is 13.3. The van der Waals surface area contributed by atoms with Crippen molar-refractivity contribution in [2.24, 2.45) is 0 Å². The average Bonchev–Trinajstić information content (AvgIpc) is 2.27. The molecule has 100 valence electrons. The summed E-state index contributed by atoms with van der Waals surface area (Å²) >= 11 is 3.03. The van der Waals surface area contributed by atoms with E-state index in [1.54, 1.807) is 0 Å². The van der Waals surface area contributed by atoms with Crippen molar-refractivity contribution in [2.45, 2.75) is 30.2 Å². The summed E-state index contributed by atoms with van der Waals surface area (Å²) in [4.78, 5) is 10.5. The minimum Gasteiger partial charge on any atom is -0.479 e. The van der Waals surface area contributed by atoms with E-state index in [0.717, 1.165) is 0 Å². The molecule has 0 fully saturated rings. The summed E-state index contributed by atoms with van der Waals surface area (Å²) in [6.07, 6.45) is -2.17. The quantitative estimate of drug-likeness (QED) is 0.916. The first-order chi connectivity index (χ1) is 8.17. The summed E-state index contributed by atoms with van der Waals surface area (Å²) < 4.78 is 37.3. The van der Waals surface area contributed by atoms with Gasteiger partial charge in [-0.05, 0) is 47.5 Å².